The highest BCUT2D eigenvalue weighted by molar-refractivity contribution is 7.90. The first-order chi connectivity index (χ1) is 6.90. The van der Waals surface area contributed by atoms with Crippen LogP contribution in [0, 0.1) is 0 Å². The van der Waals surface area contributed by atoms with Gasteiger partial charge in [-0.05, 0) is 18.1 Å². The van der Waals surface area contributed by atoms with Crippen molar-refractivity contribution in [1.29, 1.82) is 0 Å². The van der Waals surface area contributed by atoms with Gasteiger partial charge in [0.05, 0.1) is 11.3 Å². The summed E-state index contributed by atoms with van der Waals surface area (Å²) in [7, 11) is -3.06. The second kappa shape index (κ2) is 4.44. The SMILES string of the molecule is CS(=O)(=O)CCc1ccccc1C(=O)O. The molecule has 1 aromatic rings. The number of carboxylic acids is 1. The molecule has 1 rings (SSSR count). The van der Waals surface area contributed by atoms with Gasteiger partial charge in [-0.3, -0.25) is 0 Å². The molecule has 5 heteroatoms. The second-order valence-electron chi connectivity index (χ2n) is 3.34. The second-order valence-corrected chi connectivity index (χ2v) is 5.60. The smallest absolute Gasteiger partial charge is 0.335 e. The highest BCUT2D eigenvalue weighted by Gasteiger charge is 2.10. The number of sulfone groups is 1. The number of hydrogen-bond donors (Lipinski definition) is 1. The van der Waals surface area contributed by atoms with Crippen molar-refractivity contribution in [2.45, 2.75) is 6.42 Å². The summed E-state index contributed by atoms with van der Waals surface area (Å²) in [5, 5.41) is 8.85. The van der Waals surface area contributed by atoms with Crippen LogP contribution >= 0.6 is 0 Å². The highest BCUT2D eigenvalue weighted by atomic mass is 32.2. The fourth-order valence-electron chi connectivity index (χ4n) is 1.24. The third-order valence-corrected chi connectivity index (χ3v) is 2.94. The van der Waals surface area contributed by atoms with Crippen molar-refractivity contribution < 1.29 is 18.3 Å². The first kappa shape index (κ1) is 11.7. The third-order valence-electron chi connectivity index (χ3n) is 1.99. The average Bonchev–Trinajstić information content (AvgIpc) is 2.14. The largest absolute Gasteiger partial charge is 0.478 e. The van der Waals surface area contributed by atoms with Crippen molar-refractivity contribution in [3.63, 3.8) is 0 Å². The molecular formula is C10H12O4S. The zero-order valence-corrected chi connectivity index (χ0v) is 9.12. The van der Waals surface area contributed by atoms with Gasteiger partial charge >= 0.3 is 5.97 Å². The molecule has 0 aliphatic heterocycles. The fraction of sp³-hybridized carbons (Fsp3) is 0.300. The van der Waals surface area contributed by atoms with Crippen LogP contribution in [-0.2, 0) is 16.3 Å². The van der Waals surface area contributed by atoms with Gasteiger partial charge in [0.15, 0.2) is 0 Å². The predicted molar refractivity (Wildman–Crippen MR) is 56.8 cm³/mol. The fourth-order valence-corrected chi connectivity index (χ4v) is 1.83. The molecule has 0 atom stereocenters. The molecule has 82 valence electrons. The molecular weight excluding hydrogens is 216 g/mol. The van der Waals surface area contributed by atoms with Crippen LogP contribution in [0.4, 0.5) is 0 Å². The molecule has 0 heterocycles. The molecule has 0 aliphatic rings. The van der Waals surface area contributed by atoms with Gasteiger partial charge in [-0.1, -0.05) is 18.2 Å². The van der Waals surface area contributed by atoms with Crippen LogP contribution in [0.25, 0.3) is 0 Å². The van der Waals surface area contributed by atoms with E-state index >= 15 is 0 Å². The van der Waals surface area contributed by atoms with E-state index in [1.165, 1.54) is 6.07 Å². The molecule has 0 unspecified atom stereocenters. The van der Waals surface area contributed by atoms with Gasteiger partial charge in [0.25, 0.3) is 0 Å². The van der Waals surface area contributed by atoms with Crippen LogP contribution in [0.3, 0.4) is 0 Å². The molecule has 0 radical (unpaired) electrons. The van der Waals surface area contributed by atoms with Gasteiger partial charge in [-0.15, -0.1) is 0 Å². The molecule has 1 N–H and O–H groups in total. The standard InChI is InChI=1S/C10H12O4S/c1-15(13,14)7-6-8-4-2-3-5-9(8)10(11)12/h2-5H,6-7H2,1H3,(H,11,12). The highest BCUT2D eigenvalue weighted by Crippen LogP contribution is 2.10. The van der Waals surface area contributed by atoms with Gasteiger partial charge in [0.2, 0.25) is 0 Å². The molecule has 0 bridgehead atoms. The minimum absolute atomic E-state index is 0.0305. The van der Waals surface area contributed by atoms with E-state index in [1.807, 2.05) is 0 Å². The number of aromatic carboxylic acids is 1. The van der Waals surface area contributed by atoms with Crippen LogP contribution in [0.15, 0.2) is 24.3 Å². The maximum atomic E-state index is 10.9. The molecule has 0 spiro atoms. The Bertz CT molecular complexity index is 462. The Morgan fingerprint density at radius 2 is 1.93 bits per heavy atom. The molecule has 0 fully saturated rings. The van der Waals surface area contributed by atoms with Crippen molar-refractivity contribution in [2.24, 2.45) is 0 Å². The van der Waals surface area contributed by atoms with E-state index in [4.69, 9.17) is 5.11 Å². The quantitative estimate of drug-likeness (QED) is 0.833. The van der Waals surface area contributed by atoms with E-state index in [0.29, 0.717) is 5.56 Å². The Labute approximate surface area is 88.5 Å². The van der Waals surface area contributed by atoms with Crippen molar-refractivity contribution in [3.05, 3.63) is 35.4 Å². The average molecular weight is 228 g/mol. The van der Waals surface area contributed by atoms with E-state index in [1.54, 1.807) is 18.2 Å². The first-order valence-electron chi connectivity index (χ1n) is 4.39. The number of benzene rings is 1. The minimum Gasteiger partial charge on any atom is -0.478 e. The maximum Gasteiger partial charge on any atom is 0.335 e. The summed E-state index contributed by atoms with van der Waals surface area (Å²) in [5.74, 6) is -1.06. The normalized spacial score (nSPS) is 11.3. The lowest BCUT2D eigenvalue weighted by atomic mass is 10.1. The minimum atomic E-state index is -3.06. The van der Waals surface area contributed by atoms with Gasteiger partial charge in [-0.25, -0.2) is 13.2 Å². The Morgan fingerprint density at radius 1 is 1.33 bits per heavy atom. The maximum absolute atomic E-state index is 10.9. The zero-order chi connectivity index (χ0) is 11.5. The van der Waals surface area contributed by atoms with Crippen molar-refractivity contribution in [2.75, 3.05) is 12.0 Å². The Hall–Kier alpha value is -1.36. The van der Waals surface area contributed by atoms with E-state index < -0.39 is 15.8 Å². The number of aryl methyl sites for hydroxylation is 1. The van der Waals surface area contributed by atoms with Crippen LogP contribution < -0.4 is 0 Å². The van der Waals surface area contributed by atoms with E-state index in [0.717, 1.165) is 6.26 Å². The van der Waals surface area contributed by atoms with Crippen molar-refractivity contribution in [1.82, 2.24) is 0 Å². The summed E-state index contributed by atoms with van der Waals surface area (Å²) >= 11 is 0. The summed E-state index contributed by atoms with van der Waals surface area (Å²) in [5.41, 5.74) is 0.719. The Balaban J connectivity index is 2.90. The molecule has 15 heavy (non-hydrogen) atoms. The lowest BCUT2D eigenvalue weighted by Gasteiger charge is -2.04. The summed E-state index contributed by atoms with van der Waals surface area (Å²) in [6, 6.07) is 6.42. The number of carbonyl (C=O) groups is 1. The van der Waals surface area contributed by atoms with E-state index in [2.05, 4.69) is 0 Å². The van der Waals surface area contributed by atoms with Crippen molar-refractivity contribution in [3.8, 4) is 0 Å². The molecule has 0 aliphatic carbocycles. The molecule has 0 saturated carbocycles. The van der Waals surface area contributed by atoms with E-state index in [-0.39, 0.29) is 17.7 Å². The van der Waals surface area contributed by atoms with Gasteiger partial charge in [0, 0.05) is 6.26 Å². The van der Waals surface area contributed by atoms with Gasteiger partial charge in [0.1, 0.15) is 9.84 Å². The van der Waals surface area contributed by atoms with Crippen LogP contribution in [0.5, 0.6) is 0 Å². The van der Waals surface area contributed by atoms with E-state index in [9.17, 15) is 13.2 Å². The summed E-state index contributed by atoms with van der Waals surface area (Å²) in [6.07, 6.45) is 1.37. The Morgan fingerprint density at radius 3 is 2.47 bits per heavy atom. The number of carboxylic acid groups (broad SMARTS) is 1. The van der Waals surface area contributed by atoms with Crippen LogP contribution in [-0.4, -0.2) is 31.5 Å². The van der Waals surface area contributed by atoms with Gasteiger partial charge < -0.3 is 5.11 Å². The zero-order valence-electron chi connectivity index (χ0n) is 8.30. The first-order valence-corrected chi connectivity index (χ1v) is 6.45. The molecule has 1 aromatic carbocycles. The topological polar surface area (TPSA) is 71.4 Å². The number of rotatable bonds is 4. The van der Waals surface area contributed by atoms with Crippen molar-refractivity contribution >= 4 is 15.8 Å². The van der Waals surface area contributed by atoms with Crippen LogP contribution in [0.1, 0.15) is 15.9 Å². The summed E-state index contributed by atoms with van der Waals surface area (Å²) < 4.78 is 21.9. The molecule has 4 nitrogen and oxygen atoms in total. The summed E-state index contributed by atoms with van der Waals surface area (Å²) in [4.78, 5) is 10.8. The molecule has 0 aromatic heterocycles. The molecule has 0 amide bonds. The summed E-state index contributed by atoms with van der Waals surface area (Å²) in [6.45, 7) is 0. The molecule has 0 saturated heterocycles. The van der Waals surface area contributed by atoms with Gasteiger partial charge in [-0.2, -0.15) is 0 Å². The third kappa shape index (κ3) is 3.71. The Kier molecular flexibility index (Phi) is 3.47. The van der Waals surface area contributed by atoms with Crippen LogP contribution in [0.2, 0.25) is 0 Å². The predicted octanol–water partition coefficient (Wildman–Crippen LogP) is 0.972. The monoisotopic (exact) mass is 228 g/mol. The lowest BCUT2D eigenvalue weighted by molar-refractivity contribution is 0.0695. The number of hydrogen-bond acceptors (Lipinski definition) is 3. The lowest BCUT2D eigenvalue weighted by Crippen LogP contribution is -2.09.